The highest BCUT2D eigenvalue weighted by molar-refractivity contribution is 5.77. The molecule has 0 aromatic rings. The van der Waals surface area contributed by atoms with Crippen molar-refractivity contribution in [3.8, 4) is 6.07 Å². The van der Waals surface area contributed by atoms with Crippen LogP contribution in [0.15, 0.2) is 0 Å². The van der Waals surface area contributed by atoms with Crippen molar-refractivity contribution >= 4 is 12.0 Å². The molecule has 1 rings (SSSR count). The van der Waals surface area contributed by atoms with Crippen LogP contribution in [-0.4, -0.2) is 54.9 Å². The quantitative estimate of drug-likeness (QED) is 0.735. The highest BCUT2D eigenvalue weighted by Crippen LogP contribution is 2.24. The molecule has 0 spiro atoms. The lowest BCUT2D eigenvalue weighted by atomic mass is 9.84. The average molecular weight is 297 g/mol. The van der Waals surface area contributed by atoms with Gasteiger partial charge in [0.25, 0.3) is 0 Å². The van der Waals surface area contributed by atoms with Gasteiger partial charge in [-0.3, -0.25) is 4.79 Å². The molecule has 118 valence electrons. The Morgan fingerprint density at radius 3 is 2.71 bits per heavy atom. The second kappa shape index (κ2) is 9.19. The maximum absolute atomic E-state index is 12.2. The summed E-state index contributed by atoms with van der Waals surface area (Å²) in [6, 6.07) is 1.35. The predicted molar refractivity (Wildman–Crippen MR) is 75.6 cm³/mol. The minimum absolute atomic E-state index is 0.240. The van der Waals surface area contributed by atoms with Crippen LogP contribution < -0.4 is 5.32 Å². The number of hydrogen-bond acceptors (Lipinski definition) is 4. The van der Waals surface area contributed by atoms with Gasteiger partial charge in [0.2, 0.25) is 0 Å². The van der Waals surface area contributed by atoms with Crippen LogP contribution in [0, 0.1) is 17.2 Å². The normalized spacial score (nSPS) is 21.3. The first kappa shape index (κ1) is 17.2. The van der Waals surface area contributed by atoms with Crippen molar-refractivity contribution in [3.63, 3.8) is 0 Å². The molecule has 2 N–H and O–H groups in total. The summed E-state index contributed by atoms with van der Waals surface area (Å²) >= 11 is 0. The van der Waals surface area contributed by atoms with Crippen molar-refractivity contribution in [2.24, 2.45) is 5.92 Å². The molecule has 1 aliphatic carbocycles. The van der Waals surface area contributed by atoms with Gasteiger partial charge in [-0.1, -0.05) is 12.8 Å². The summed E-state index contributed by atoms with van der Waals surface area (Å²) in [7, 11) is 1.54. The number of aliphatic carboxylic acids is 1. The second-order valence-electron chi connectivity index (χ2n) is 5.17. The average Bonchev–Trinajstić information content (AvgIpc) is 2.47. The maximum atomic E-state index is 12.2. The number of hydrogen-bond donors (Lipinski definition) is 2. The summed E-state index contributed by atoms with van der Waals surface area (Å²) in [4.78, 5) is 25.0. The monoisotopic (exact) mass is 297 g/mol. The molecule has 7 nitrogen and oxygen atoms in total. The van der Waals surface area contributed by atoms with Gasteiger partial charge in [-0.25, -0.2) is 4.79 Å². The zero-order valence-corrected chi connectivity index (χ0v) is 12.4. The Bertz CT molecular complexity index is 394. The molecular formula is C14H23N3O4. The molecule has 0 bridgehead atoms. The third-order valence-electron chi connectivity index (χ3n) is 3.74. The van der Waals surface area contributed by atoms with E-state index in [1.807, 2.05) is 6.07 Å². The van der Waals surface area contributed by atoms with Crippen molar-refractivity contribution in [1.82, 2.24) is 10.2 Å². The van der Waals surface area contributed by atoms with E-state index in [0.717, 1.165) is 12.8 Å². The summed E-state index contributed by atoms with van der Waals surface area (Å²) in [5.74, 6) is -1.39. The molecule has 0 aliphatic heterocycles. The van der Waals surface area contributed by atoms with Gasteiger partial charge in [0.1, 0.15) is 0 Å². The zero-order chi connectivity index (χ0) is 15.7. The largest absolute Gasteiger partial charge is 0.481 e. The zero-order valence-electron chi connectivity index (χ0n) is 12.4. The van der Waals surface area contributed by atoms with Crippen molar-refractivity contribution < 1.29 is 19.4 Å². The molecule has 21 heavy (non-hydrogen) atoms. The van der Waals surface area contributed by atoms with Crippen LogP contribution in [0.25, 0.3) is 0 Å². The Labute approximate surface area is 124 Å². The Morgan fingerprint density at radius 2 is 2.10 bits per heavy atom. The summed E-state index contributed by atoms with van der Waals surface area (Å²) < 4.78 is 4.95. The molecule has 0 saturated heterocycles. The van der Waals surface area contributed by atoms with E-state index in [0.29, 0.717) is 32.5 Å². The van der Waals surface area contributed by atoms with E-state index < -0.39 is 11.9 Å². The minimum atomic E-state index is -0.861. The van der Waals surface area contributed by atoms with E-state index in [1.54, 1.807) is 7.11 Å². The summed E-state index contributed by atoms with van der Waals surface area (Å²) in [5, 5.41) is 20.7. The van der Waals surface area contributed by atoms with E-state index in [1.165, 1.54) is 4.90 Å². The molecule has 2 atom stereocenters. The van der Waals surface area contributed by atoms with Gasteiger partial charge >= 0.3 is 12.0 Å². The summed E-state index contributed by atoms with van der Waals surface area (Å²) in [5.41, 5.74) is 0. The van der Waals surface area contributed by atoms with Crippen molar-refractivity contribution in [3.05, 3.63) is 0 Å². The lowest BCUT2D eigenvalue weighted by Gasteiger charge is -2.31. The van der Waals surface area contributed by atoms with E-state index in [4.69, 9.17) is 10.00 Å². The number of carboxylic acids is 1. The predicted octanol–water partition coefficient (Wildman–Crippen LogP) is 1.20. The molecule has 2 amide bonds. The standard InChI is InChI=1S/C14H23N3O4/c1-21-10-9-17(8-4-7-15)14(20)16-12-6-3-2-5-11(12)13(18)19/h11-12H,2-6,8-10H2,1H3,(H,16,20)(H,18,19). The number of nitrogens with zero attached hydrogens (tertiary/aromatic N) is 2. The first-order chi connectivity index (χ1) is 10.1. The van der Waals surface area contributed by atoms with Gasteiger partial charge in [-0.05, 0) is 12.8 Å². The van der Waals surface area contributed by atoms with E-state index in [-0.39, 0.29) is 18.5 Å². The number of methoxy groups -OCH3 is 1. The van der Waals surface area contributed by atoms with E-state index >= 15 is 0 Å². The lowest BCUT2D eigenvalue weighted by Crippen LogP contribution is -2.51. The van der Waals surface area contributed by atoms with Gasteiger partial charge in [-0.2, -0.15) is 5.26 Å². The maximum Gasteiger partial charge on any atom is 0.317 e. The van der Waals surface area contributed by atoms with Gasteiger partial charge in [0.05, 0.1) is 25.0 Å². The molecule has 2 unspecified atom stereocenters. The lowest BCUT2D eigenvalue weighted by molar-refractivity contribution is -0.143. The van der Waals surface area contributed by atoms with Gasteiger partial charge in [0.15, 0.2) is 0 Å². The minimum Gasteiger partial charge on any atom is -0.481 e. The van der Waals surface area contributed by atoms with Crippen molar-refractivity contribution in [1.29, 1.82) is 5.26 Å². The van der Waals surface area contributed by atoms with E-state index in [9.17, 15) is 14.7 Å². The fourth-order valence-corrected chi connectivity index (χ4v) is 2.55. The SMILES string of the molecule is COCCN(CCC#N)C(=O)NC1CCCCC1C(=O)O. The highest BCUT2D eigenvalue weighted by Gasteiger charge is 2.32. The van der Waals surface area contributed by atoms with Crippen LogP contribution in [0.2, 0.25) is 0 Å². The van der Waals surface area contributed by atoms with Crippen molar-refractivity contribution in [2.45, 2.75) is 38.1 Å². The number of amides is 2. The molecular weight excluding hydrogens is 274 g/mol. The number of rotatable bonds is 7. The molecule has 1 saturated carbocycles. The first-order valence-corrected chi connectivity index (χ1v) is 7.24. The van der Waals surface area contributed by atoms with Crippen LogP contribution in [0.1, 0.15) is 32.1 Å². The number of ether oxygens (including phenoxy) is 1. The molecule has 0 heterocycles. The molecule has 1 aliphatic rings. The number of nitriles is 1. The van der Waals surface area contributed by atoms with Crippen LogP contribution in [0.5, 0.6) is 0 Å². The number of carbonyl (C=O) groups is 2. The molecule has 1 fully saturated rings. The first-order valence-electron chi connectivity index (χ1n) is 7.24. The number of carboxylic acid groups (broad SMARTS) is 1. The third kappa shape index (κ3) is 5.60. The smallest absolute Gasteiger partial charge is 0.317 e. The van der Waals surface area contributed by atoms with Gasteiger partial charge < -0.3 is 20.1 Å². The van der Waals surface area contributed by atoms with Gasteiger partial charge in [0, 0.05) is 26.2 Å². The Hall–Kier alpha value is -1.81. The van der Waals surface area contributed by atoms with Crippen LogP contribution in [0.3, 0.4) is 0 Å². The Balaban J connectivity index is 2.60. The number of carbonyl (C=O) groups excluding carboxylic acids is 1. The number of nitrogens with one attached hydrogen (secondary N) is 1. The topological polar surface area (TPSA) is 103 Å². The van der Waals surface area contributed by atoms with Gasteiger partial charge in [-0.15, -0.1) is 0 Å². The second-order valence-corrected chi connectivity index (χ2v) is 5.17. The molecule has 0 radical (unpaired) electrons. The van der Waals surface area contributed by atoms with Crippen LogP contribution >= 0.6 is 0 Å². The summed E-state index contributed by atoms with van der Waals surface area (Å²) in [6.07, 6.45) is 3.32. The Kier molecular flexibility index (Phi) is 7.54. The van der Waals surface area contributed by atoms with Crippen LogP contribution in [0.4, 0.5) is 4.79 Å². The van der Waals surface area contributed by atoms with E-state index in [2.05, 4.69) is 5.32 Å². The highest BCUT2D eigenvalue weighted by atomic mass is 16.5. The number of urea groups is 1. The Morgan fingerprint density at radius 1 is 1.38 bits per heavy atom. The molecule has 0 aromatic carbocycles. The summed E-state index contributed by atoms with van der Waals surface area (Å²) in [6.45, 7) is 1.08. The fraction of sp³-hybridized carbons (Fsp3) is 0.786. The van der Waals surface area contributed by atoms with Crippen LogP contribution in [-0.2, 0) is 9.53 Å². The molecule has 7 heteroatoms. The molecule has 0 aromatic heterocycles. The fourth-order valence-electron chi connectivity index (χ4n) is 2.55. The van der Waals surface area contributed by atoms with Crippen molar-refractivity contribution in [2.75, 3.05) is 26.8 Å². The third-order valence-corrected chi connectivity index (χ3v) is 3.74.